The number of rotatable bonds is 3. The minimum absolute atomic E-state index is 0.288. The Hall–Kier alpha value is -1.73. The number of ether oxygens (including phenoxy) is 1. The molecule has 1 aromatic rings. The fraction of sp³-hybridized carbons (Fsp3) is 0.273. The van der Waals surface area contributed by atoms with Crippen molar-refractivity contribution in [2.45, 2.75) is 19.4 Å². The molecule has 4 nitrogen and oxygen atoms in total. The van der Waals surface area contributed by atoms with Crippen LogP contribution in [0.15, 0.2) is 18.2 Å². The van der Waals surface area contributed by atoms with Crippen LogP contribution < -0.4 is 5.73 Å². The number of benzene rings is 1. The number of halogens is 1. The van der Waals surface area contributed by atoms with E-state index in [1.165, 1.54) is 18.2 Å². The fourth-order valence-corrected chi connectivity index (χ4v) is 1.19. The second kappa shape index (κ2) is 5.38. The number of nitrogen functional groups attached to an aromatic ring is 1. The highest BCUT2D eigenvalue weighted by Crippen LogP contribution is 2.20. The minimum atomic E-state index is -0.732. The van der Waals surface area contributed by atoms with Crippen molar-refractivity contribution in [3.05, 3.63) is 28.8 Å². The van der Waals surface area contributed by atoms with Gasteiger partial charge in [0.2, 0.25) is 0 Å². The first-order chi connectivity index (χ1) is 7.58. The Morgan fingerprint density at radius 3 is 2.88 bits per heavy atom. The molecule has 0 radical (unpaired) electrons. The van der Waals surface area contributed by atoms with Gasteiger partial charge in [0, 0.05) is 0 Å². The zero-order valence-electron chi connectivity index (χ0n) is 8.74. The summed E-state index contributed by atoms with van der Waals surface area (Å²) < 4.78 is 4.93. The van der Waals surface area contributed by atoms with E-state index in [4.69, 9.17) is 27.3 Å². The van der Waals surface area contributed by atoms with Crippen molar-refractivity contribution < 1.29 is 9.53 Å². The number of nitrogens with zero attached hydrogens (tertiary/aromatic N) is 1. The fourth-order valence-electron chi connectivity index (χ4n) is 1.07. The van der Waals surface area contributed by atoms with Crippen molar-refractivity contribution in [2.75, 3.05) is 5.73 Å². The standard InChI is InChI=1S/C11H11ClN2O2/c1-2-8(6-13)16-11(15)7-3-4-9(12)10(14)5-7/h3-5,8H,2,14H2,1H3. The van der Waals surface area contributed by atoms with Crippen LogP contribution in [0.5, 0.6) is 0 Å². The monoisotopic (exact) mass is 238 g/mol. The van der Waals surface area contributed by atoms with Gasteiger partial charge in [0.1, 0.15) is 6.07 Å². The Morgan fingerprint density at radius 1 is 1.69 bits per heavy atom. The minimum Gasteiger partial charge on any atom is -0.443 e. The normalized spacial score (nSPS) is 11.6. The summed E-state index contributed by atoms with van der Waals surface area (Å²) in [7, 11) is 0. The van der Waals surface area contributed by atoms with Gasteiger partial charge >= 0.3 is 5.97 Å². The number of hydrogen-bond acceptors (Lipinski definition) is 4. The van der Waals surface area contributed by atoms with Crippen LogP contribution in [-0.2, 0) is 4.74 Å². The molecule has 1 atom stereocenters. The number of anilines is 1. The number of esters is 1. The Labute approximate surface area is 98.6 Å². The van der Waals surface area contributed by atoms with E-state index >= 15 is 0 Å². The van der Waals surface area contributed by atoms with Gasteiger partial charge in [-0.1, -0.05) is 18.5 Å². The van der Waals surface area contributed by atoms with Crippen LogP contribution >= 0.6 is 11.6 Å². The molecule has 0 fully saturated rings. The van der Waals surface area contributed by atoms with E-state index < -0.39 is 12.1 Å². The molecule has 1 rings (SSSR count). The van der Waals surface area contributed by atoms with Crippen LogP contribution in [0, 0.1) is 11.3 Å². The molecular formula is C11H11ClN2O2. The molecule has 84 valence electrons. The highest BCUT2D eigenvalue weighted by Gasteiger charge is 2.14. The molecule has 0 aromatic heterocycles. The van der Waals surface area contributed by atoms with E-state index in [9.17, 15) is 4.79 Å². The lowest BCUT2D eigenvalue weighted by molar-refractivity contribution is 0.0401. The van der Waals surface area contributed by atoms with Gasteiger partial charge in [-0.2, -0.15) is 5.26 Å². The van der Waals surface area contributed by atoms with Crippen molar-refractivity contribution >= 4 is 23.3 Å². The van der Waals surface area contributed by atoms with E-state index in [-0.39, 0.29) is 5.56 Å². The largest absolute Gasteiger partial charge is 0.443 e. The summed E-state index contributed by atoms with van der Waals surface area (Å²) in [4.78, 5) is 11.6. The average molecular weight is 239 g/mol. The first kappa shape index (κ1) is 12.3. The molecule has 0 spiro atoms. The molecular weight excluding hydrogens is 228 g/mol. The van der Waals surface area contributed by atoms with Crippen LogP contribution in [0.25, 0.3) is 0 Å². The summed E-state index contributed by atoms with van der Waals surface area (Å²) in [6.45, 7) is 1.76. The van der Waals surface area contributed by atoms with Crippen LogP contribution in [0.3, 0.4) is 0 Å². The predicted octanol–water partition coefficient (Wildman–Crippen LogP) is 2.38. The molecule has 2 N–H and O–H groups in total. The van der Waals surface area contributed by atoms with Crippen molar-refractivity contribution in [3.63, 3.8) is 0 Å². The molecule has 0 saturated carbocycles. The van der Waals surface area contributed by atoms with E-state index in [2.05, 4.69) is 0 Å². The maximum Gasteiger partial charge on any atom is 0.339 e. The lowest BCUT2D eigenvalue weighted by Crippen LogP contribution is -2.15. The van der Waals surface area contributed by atoms with E-state index in [0.717, 1.165) is 0 Å². The van der Waals surface area contributed by atoms with Gasteiger partial charge in [-0.25, -0.2) is 4.79 Å². The number of carbonyl (C=O) groups excluding carboxylic acids is 1. The third kappa shape index (κ3) is 2.88. The SMILES string of the molecule is CCC(C#N)OC(=O)c1ccc(Cl)c(N)c1. The molecule has 0 aliphatic rings. The zero-order chi connectivity index (χ0) is 12.1. The molecule has 0 amide bonds. The molecule has 0 aliphatic carbocycles. The van der Waals surface area contributed by atoms with Crippen molar-refractivity contribution in [1.82, 2.24) is 0 Å². The quantitative estimate of drug-likeness (QED) is 0.648. The van der Waals surface area contributed by atoms with Crippen molar-refractivity contribution in [3.8, 4) is 6.07 Å². The predicted molar refractivity (Wildman–Crippen MR) is 61.0 cm³/mol. The topological polar surface area (TPSA) is 76.1 Å². The molecule has 0 saturated heterocycles. The summed E-state index contributed by atoms with van der Waals surface area (Å²) >= 11 is 5.72. The number of nitriles is 1. The lowest BCUT2D eigenvalue weighted by Gasteiger charge is -2.09. The third-order valence-corrected chi connectivity index (χ3v) is 2.34. The Kier molecular flexibility index (Phi) is 4.15. The number of carbonyl (C=O) groups is 1. The second-order valence-corrected chi connectivity index (χ2v) is 3.57. The average Bonchev–Trinajstić information content (AvgIpc) is 2.29. The Balaban J connectivity index is 2.81. The van der Waals surface area contributed by atoms with Crippen LogP contribution in [0.4, 0.5) is 5.69 Å². The molecule has 1 unspecified atom stereocenters. The molecule has 16 heavy (non-hydrogen) atoms. The van der Waals surface area contributed by atoms with Crippen LogP contribution in [0.2, 0.25) is 5.02 Å². The molecule has 5 heteroatoms. The highest BCUT2D eigenvalue weighted by atomic mass is 35.5. The van der Waals surface area contributed by atoms with Crippen molar-refractivity contribution in [2.24, 2.45) is 0 Å². The number of nitrogens with two attached hydrogens (primary N) is 1. The molecule has 0 aliphatic heterocycles. The maximum atomic E-state index is 11.6. The lowest BCUT2D eigenvalue weighted by atomic mass is 10.2. The molecule has 0 bridgehead atoms. The van der Waals surface area contributed by atoms with Gasteiger partial charge in [-0.3, -0.25) is 0 Å². The van der Waals surface area contributed by atoms with Gasteiger partial charge in [0.05, 0.1) is 16.3 Å². The van der Waals surface area contributed by atoms with Gasteiger partial charge in [0.25, 0.3) is 0 Å². The van der Waals surface area contributed by atoms with Gasteiger partial charge in [0.15, 0.2) is 6.10 Å². The van der Waals surface area contributed by atoms with Crippen LogP contribution in [-0.4, -0.2) is 12.1 Å². The van der Waals surface area contributed by atoms with Crippen LogP contribution in [0.1, 0.15) is 23.7 Å². The first-order valence-corrected chi connectivity index (χ1v) is 5.12. The smallest absolute Gasteiger partial charge is 0.339 e. The first-order valence-electron chi connectivity index (χ1n) is 4.74. The summed E-state index contributed by atoms with van der Waals surface area (Å²) in [6, 6.07) is 6.32. The highest BCUT2D eigenvalue weighted by molar-refractivity contribution is 6.33. The van der Waals surface area contributed by atoms with Crippen molar-refractivity contribution in [1.29, 1.82) is 5.26 Å². The molecule has 0 heterocycles. The zero-order valence-corrected chi connectivity index (χ0v) is 9.49. The summed E-state index contributed by atoms with van der Waals surface area (Å²) in [5.74, 6) is -0.572. The maximum absolute atomic E-state index is 11.6. The summed E-state index contributed by atoms with van der Waals surface area (Å²) in [5.41, 5.74) is 6.14. The third-order valence-electron chi connectivity index (χ3n) is 2.00. The Morgan fingerprint density at radius 2 is 2.38 bits per heavy atom. The van der Waals surface area contributed by atoms with Gasteiger partial charge in [-0.15, -0.1) is 0 Å². The Bertz CT molecular complexity index is 440. The summed E-state index contributed by atoms with van der Waals surface area (Å²) in [5, 5.41) is 9.03. The van der Waals surface area contributed by atoms with E-state index in [0.29, 0.717) is 17.1 Å². The number of hydrogen-bond donors (Lipinski definition) is 1. The van der Waals surface area contributed by atoms with E-state index in [1.807, 2.05) is 6.07 Å². The summed E-state index contributed by atoms with van der Waals surface area (Å²) in [6.07, 6.45) is -0.282. The molecule has 1 aromatic carbocycles. The van der Waals surface area contributed by atoms with E-state index in [1.54, 1.807) is 6.92 Å². The van der Waals surface area contributed by atoms with Gasteiger partial charge < -0.3 is 10.5 Å². The van der Waals surface area contributed by atoms with Gasteiger partial charge in [-0.05, 0) is 24.6 Å². The second-order valence-electron chi connectivity index (χ2n) is 3.17.